The van der Waals surface area contributed by atoms with Gasteiger partial charge in [-0.25, -0.2) is 18.4 Å². The van der Waals surface area contributed by atoms with Gasteiger partial charge in [-0.1, -0.05) is 13.0 Å². The van der Waals surface area contributed by atoms with Crippen LogP contribution in [0.4, 0.5) is 0 Å². The average Bonchev–Trinajstić information content (AvgIpc) is 3.17. The second-order valence-corrected chi connectivity index (χ2v) is 8.50. The molecule has 9 heteroatoms. The van der Waals surface area contributed by atoms with E-state index in [1.165, 1.54) is 18.3 Å². The Hall–Kier alpha value is -3.30. The number of aliphatic hydroxyl groups excluding tert-OH is 1. The van der Waals surface area contributed by atoms with Crippen LogP contribution in [-0.4, -0.2) is 39.2 Å². The standard InChI is InChI=1S/C20H18N4O4S/c1-2-29(26,27)19-7-6-14(11-22-19)28-18-10-17-16(9-13(18)12-25)23-20(24-17)15-5-3-4-8-21-15/h3-11,25H,2,12H2,1H3,(H,23,24). The van der Waals surface area contributed by atoms with Crippen LogP contribution in [0.3, 0.4) is 0 Å². The first-order valence-corrected chi connectivity index (χ1v) is 10.6. The molecule has 0 fully saturated rings. The fourth-order valence-electron chi connectivity index (χ4n) is 2.81. The molecule has 0 saturated heterocycles. The number of nitrogens with zero attached hydrogens (tertiary/aromatic N) is 3. The molecule has 4 rings (SSSR count). The maximum absolute atomic E-state index is 11.9. The Bertz CT molecular complexity index is 1250. The first-order valence-electron chi connectivity index (χ1n) is 8.91. The molecule has 0 aliphatic rings. The topological polar surface area (TPSA) is 118 Å². The molecule has 0 spiro atoms. The number of H-pyrrole nitrogens is 1. The zero-order valence-electron chi connectivity index (χ0n) is 15.5. The van der Waals surface area contributed by atoms with Crippen molar-refractivity contribution in [2.45, 2.75) is 18.6 Å². The second-order valence-electron chi connectivity index (χ2n) is 6.27. The van der Waals surface area contributed by atoms with Gasteiger partial charge in [0.15, 0.2) is 20.7 Å². The van der Waals surface area contributed by atoms with Crippen LogP contribution in [0.2, 0.25) is 0 Å². The van der Waals surface area contributed by atoms with Crippen LogP contribution in [0.15, 0.2) is 59.9 Å². The van der Waals surface area contributed by atoms with Crippen LogP contribution in [0.5, 0.6) is 11.5 Å². The van der Waals surface area contributed by atoms with Gasteiger partial charge in [-0.3, -0.25) is 4.98 Å². The Morgan fingerprint density at radius 3 is 2.66 bits per heavy atom. The minimum absolute atomic E-state index is 0.00115. The van der Waals surface area contributed by atoms with E-state index >= 15 is 0 Å². The molecule has 0 radical (unpaired) electrons. The lowest BCUT2D eigenvalue weighted by Crippen LogP contribution is -2.05. The number of fused-ring (bicyclic) bond motifs is 1. The van der Waals surface area contributed by atoms with Crippen LogP contribution in [0, 0.1) is 0 Å². The summed E-state index contributed by atoms with van der Waals surface area (Å²) in [5.74, 6) is 1.37. The Balaban J connectivity index is 1.68. The predicted octanol–water partition coefficient (Wildman–Crippen LogP) is 3.10. The second kappa shape index (κ2) is 7.61. The molecule has 1 aromatic carbocycles. The van der Waals surface area contributed by atoms with Gasteiger partial charge >= 0.3 is 0 Å². The quantitative estimate of drug-likeness (QED) is 0.501. The molecule has 0 bridgehead atoms. The van der Waals surface area contributed by atoms with Crippen molar-refractivity contribution in [3.63, 3.8) is 0 Å². The van der Waals surface area contributed by atoms with E-state index in [1.54, 1.807) is 25.3 Å². The maximum atomic E-state index is 11.9. The molecule has 0 saturated carbocycles. The lowest BCUT2D eigenvalue weighted by molar-refractivity contribution is 0.276. The molecular formula is C20H18N4O4S. The number of nitrogens with one attached hydrogen (secondary N) is 1. The molecule has 29 heavy (non-hydrogen) atoms. The van der Waals surface area contributed by atoms with Gasteiger partial charge < -0.3 is 14.8 Å². The minimum Gasteiger partial charge on any atom is -0.455 e. The third-order valence-corrected chi connectivity index (χ3v) is 6.02. The number of rotatable bonds is 6. The Kier molecular flexibility index (Phi) is 4.99. The van der Waals surface area contributed by atoms with Crippen LogP contribution >= 0.6 is 0 Å². The van der Waals surface area contributed by atoms with Gasteiger partial charge in [-0.05, 0) is 30.3 Å². The van der Waals surface area contributed by atoms with E-state index in [0.717, 1.165) is 5.52 Å². The molecule has 0 aliphatic heterocycles. The number of sulfone groups is 1. The molecule has 0 aliphatic carbocycles. The molecule has 3 heterocycles. The summed E-state index contributed by atoms with van der Waals surface area (Å²) < 4.78 is 29.6. The Morgan fingerprint density at radius 1 is 1.14 bits per heavy atom. The molecule has 0 unspecified atom stereocenters. The Labute approximate surface area is 167 Å². The molecule has 0 amide bonds. The molecule has 2 N–H and O–H groups in total. The van der Waals surface area contributed by atoms with E-state index in [2.05, 4.69) is 19.9 Å². The highest BCUT2D eigenvalue weighted by Gasteiger charge is 2.15. The maximum Gasteiger partial charge on any atom is 0.195 e. The third-order valence-electron chi connectivity index (χ3n) is 4.38. The number of aliphatic hydroxyl groups is 1. The number of benzene rings is 1. The van der Waals surface area contributed by atoms with E-state index in [4.69, 9.17) is 4.74 Å². The lowest BCUT2D eigenvalue weighted by Gasteiger charge is -2.10. The average molecular weight is 410 g/mol. The minimum atomic E-state index is -3.38. The van der Waals surface area contributed by atoms with Gasteiger partial charge in [0, 0.05) is 17.8 Å². The summed E-state index contributed by atoms with van der Waals surface area (Å²) in [4.78, 5) is 16.0. The van der Waals surface area contributed by atoms with Crippen LogP contribution in [0.1, 0.15) is 12.5 Å². The van der Waals surface area contributed by atoms with Crippen molar-refractivity contribution in [2.75, 3.05) is 5.75 Å². The van der Waals surface area contributed by atoms with E-state index in [9.17, 15) is 13.5 Å². The number of hydrogen-bond donors (Lipinski definition) is 2. The van der Waals surface area contributed by atoms with E-state index < -0.39 is 9.84 Å². The summed E-state index contributed by atoms with van der Waals surface area (Å²) in [6.45, 7) is 1.32. The molecule has 148 valence electrons. The zero-order chi connectivity index (χ0) is 20.4. The fourth-order valence-corrected chi connectivity index (χ4v) is 3.59. The van der Waals surface area contributed by atoms with Gasteiger partial charge in [0.1, 0.15) is 17.2 Å². The number of hydrogen-bond acceptors (Lipinski definition) is 7. The van der Waals surface area contributed by atoms with E-state index in [0.29, 0.717) is 34.1 Å². The summed E-state index contributed by atoms with van der Waals surface area (Å²) >= 11 is 0. The van der Waals surface area contributed by atoms with E-state index in [1.807, 2.05) is 18.2 Å². The first-order chi connectivity index (χ1) is 14.0. The van der Waals surface area contributed by atoms with Crippen molar-refractivity contribution in [3.05, 3.63) is 60.4 Å². The van der Waals surface area contributed by atoms with Gasteiger partial charge in [0.2, 0.25) is 0 Å². The smallest absolute Gasteiger partial charge is 0.195 e. The summed E-state index contributed by atoms with van der Waals surface area (Å²) in [7, 11) is -3.38. The largest absolute Gasteiger partial charge is 0.455 e. The van der Waals surface area contributed by atoms with Crippen molar-refractivity contribution in [3.8, 4) is 23.0 Å². The Morgan fingerprint density at radius 2 is 2.00 bits per heavy atom. The molecule has 8 nitrogen and oxygen atoms in total. The number of imidazole rings is 1. The number of ether oxygens (including phenoxy) is 1. The van der Waals surface area contributed by atoms with Crippen molar-refractivity contribution in [2.24, 2.45) is 0 Å². The highest BCUT2D eigenvalue weighted by molar-refractivity contribution is 7.91. The van der Waals surface area contributed by atoms with Crippen LogP contribution in [-0.2, 0) is 16.4 Å². The van der Waals surface area contributed by atoms with Gasteiger partial charge in [-0.2, -0.15) is 0 Å². The van der Waals surface area contributed by atoms with Gasteiger partial charge in [0.05, 0.1) is 29.6 Å². The zero-order valence-corrected chi connectivity index (χ0v) is 16.3. The molecule has 4 aromatic rings. The third kappa shape index (κ3) is 3.82. The SMILES string of the molecule is CCS(=O)(=O)c1ccc(Oc2cc3[nH]c(-c4ccccn4)nc3cc2CO)cn1. The molecule has 3 aromatic heterocycles. The van der Waals surface area contributed by atoms with Crippen molar-refractivity contribution in [1.82, 2.24) is 19.9 Å². The lowest BCUT2D eigenvalue weighted by atomic mass is 10.2. The van der Waals surface area contributed by atoms with Crippen LogP contribution in [0.25, 0.3) is 22.6 Å². The monoisotopic (exact) mass is 410 g/mol. The van der Waals surface area contributed by atoms with Gasteiger partial charge in [-0.15, -0.1) is 0 Å². The highest BCUT2D eigenvalue weighted by atomic mass is 32.2. The van der Waals surface area contributed by atoms with Crippen molar-refractivity contribution in [1.29, 1.82) is 0 Å². The van der Waals surface area contributed by atoms with Crippen molar-refractivity contribution < 1.29 is 18.3 Å². The van der Waals surface area contributed by atoms with Gasteiger partial charge in [0.25, 0.3) is 0 Å². The first kappa shape index (κ1) is 19.0. The summed E-state index contributed by atoms with van der Waals surface area (Å²) in [6, 6.07) is 12.0. The number of aromatic amines is 1. The predicted molar refractivity (Wildman–Crippen MR) is 107 cm³/mol. The van der Waals surface area contributed by atoms with E-state index in [-0.39, 0.29) is 17.4 Å². The van der Waals surface area contributed by atoms with Crippen LogP contribution < -0.4 is 4.74 Å². The number of pyridine rings is 2. The summed E-state index contributed by atoms with van der Waals surface area (Å²) in [6.07, 6.45) is 3.03. The number of aromatic nitrogens is 4. The molecular weight excluding hydrogens is 392 g/mol. The highest BCUT2D eigenvalue weighted by Crippen LogP contribution is 2.30. The normalized spacial score (nSPS) is 11.7. The summed E-state index contributed by atoms with van der Waals surface area (Å²) in [5.41, 5.74) is 2.64. The molecule has 0 atom stereocenters. The fraction of sp³-hybridized carbons (Fsp3) is 0.150. The summed E-state index contributed by atoms with van der Waals surface area (Å²) in [5, 5.41) is 9.74. The van der Waals surface area contributed by atoms with Crippen molar-refractivity contribution >= 4 is 20.9 Å².